The Balaban J connectivity index is 2.06. The standard InChI is InChI=1S/C14H15BrO2S/c1-17-14-8-11(15)3-4-12(14)13(16)5-2-10-6-7-18-9-10/h3-4,6-9,13,16H,2,5H2,1H3. The minimum absolute atomic E-state index is 0.493. The molecule has 96 valence electrons. The van der Waals surface area contributed by atoms with E-state index in [-0.39, 0.29) is 0 Å². The fourth-order valence-corrected chi connectivity index (χ4v) is 2.90. The summed E-state index contributed by atoms with van der Waals surface area (Å²) < 4.78 is 6.25. The molecular weight excluding hydrogens is 312 g/mol. The van der Waals surface area contributed by atoms with Gasteiger partial charge in [-0.25, -0.2) is 0 Å². The Morgan fingerprint density at radius 2 is 2.22 bits per heavy atom. The number of aryl methyl sites for hydroxylation is 1. The first-order valence-corrected chi connectivity index (χ1v) is 7.47. The third-order valence-electron chi connectivity index (χ3n) is 2.84. The summed E-state index contributed by atoms with van der Waals surface area (Å²) in [5.74, 6) is 0.724. The van der Waals surface area contributed by atoms with E-state index < -0.39 is 6.10 Å². The molecule has 0 spiro atoms. The predicted molar refractivity (Wildman–Crippen MR) is 78.3 cm³/mol. The van der Waals surface area contributed by atoms with E-state index in [4.69, 9.17) is 4.74 Å². The van der Waals surface area contributed by atoms with Crippen molar-refractivity contribution in [3.05, 3.63) is 50.6 Å². The van der Waals surface area contributed by atoms with Crippen LogP contribution in [-0.4, -0.2) is 12.2 Å². The van der Waals surface area contributed by atoms with Gasteiger partial charge in [-0.1, -0.05) is 22.0 Å². The van der Waals surface area contributed by atoms with Crippen LogP contribution in [0.1, 0.15) is 23.7 Å². The van der Waals surface area contributed by atoms with Crippen LogP contribution < -0.4 is 4.74 Å². The fourth-order valence-electron chi connectivity index (χ4n) is 1.85. The number of methoxy groups -OCH3 is 1. The highest BCUT2D eigenvalue weighted by molar-refractivity contribution is 9.10. The molecule has 2 aromatic rings. The molecule has 0 bridgehead atoms. The van der Waals surface area contributed by atoms with E-state index in [1.165, 1.54) is 5.56 Å². The van der Waals surface area contributed by atoms with E-state index in [9.17, 15) is 5.11 Å². The number of hydrogen-bond donors (Lipinski definition) is 1. The van der Waals surface area contributed by atoms with Gasteiger partial charge in [0.05, 0.1) is 13.2 Å². The SMILES string of the molecule is COc1cc(Br)ccc1C(O)CCc1ccsc1. The fraction of sp³-hybridized carbons (Fsp3) is 0.286. The molecule has 1 aromatic carbocycles. The van der Waals surface area contributed by atoms with Crippen molar-refractivity contribution in [1.82, 2.24) is 0 Å². The Kier molecular flexibility index (Phi) is 4.80. The van der Waals surface area contributed by atoms with Crippen LogP contribution in [0.5, 0.6) is 5.75 Å². The molecule has 1 atom stereocenters. The lowest BCUT2D eigenvalue weighted by atomic mass is 10.0. The smallest absolute Gasteiger partial charge is 0.125 e. The first-order valence-electron chi connectivity index (χ1n) is 5.73. The number of halogens is 1. The molecule has 0 fully saturated rings. The van der Waals surface area contributed by atoms with Crippen molar-refractivity contribution >= 4 is 27.3 Å². The Hall–Kier alpha value is -0.840. The van der Waals surface area contributed by atoms with Crippen molar-refractivity contribution in [2.24, 2.45) is 0 Å². The molecule has 1 aromatic heterocycles. The van der Waals surface area contributed by atoms with Gasteiger partial charge in [0.1, 0.15) is 5.75 Å². The highest BCUT2D eigenvalue weighted by atomic mass is 79.9. The number of hydrogen-bond acceptors (Lipinski definition) is 3. The molecule has 0 saturated carbocycles. The predicted octanol–water partition coefficient (Wildman–Crippen LogP) is 4.19. The Labute approximate surface area is 119 Å². The zero-order chi connectivity index (χ0) is 13.0. The Morgan fingerprint density at radius 3 is 2.89 bits per heavy atom. The largest absolute Gasteiger partial charge is 0.496 e. The summed E-state index contributed by atoms with van der Waals surface area (Å²) in [4.78, 5) is 0. The number of rotatable bonds is 5. The molecule has 0 aliphatic rings. The number of benzene rings is 1. The quantitative estimate of drug-likeness (QED) is 0.892. The molecule has 0 amide bonds. The zero-order valence-electron chi connectivity index (χ0n) is 10.1. The Morgan fingerprint density at radius 1 is 1.39 bits per heavy atom. The van der Waals surface area contributed by atoms with E-state index in [1.54, 1.807) is 18.4 Å². The molecule has 0 aliphatic carbocycles. The molecule has 0 aliphatic heterocycles. The third-order valence-corrected chi connectivity index (χ3v) is 4.07. The summed E-state index contributed by atoms with van der Waals surface area (Å²) in [6.45, 7) is 0. The molecule has 0 saturated heterocycles. The molecule has 2 nitrogen and oxygen atoms in total. The van der Waals surface area contributed by atoms with Crippen molar-refractivity contribution in [3.63, 3.8) is 0 Å². The van der Waals surface area contributed by atoms with Crippen LogP contribution in [0, 0.1) is 0 Å². The second kappa shape index (κ2) is 6.36. The van der Waals surface area contributed by atoms with Crippen LogP contribution >= 0.6 is 27.3 Å². The van der Waals surface area contributed by atoms with E-state index >= 15 is 0 Å². The summed E-state index contributed by atoms with van der Waals surface area (Å²) in [7, 11) is 1.62. The van der Waals surface area contributed by atoms with Crippen LogP contribution in [0.15, 0.2) is 39.5 Å². The molecule has 2 rings (SSSR count). The highest BCUT2D eigenvalue weighted by Gasteiger charge is 2.13. The van der Waals surface area contributed by atoms with Crippen molar-refractivity contribution in [3.8, 4) is 5.75 Å². The first kappa shape index (κ1) is 13.6. The van der Waals surface area contributed by atoms with Gasteiger partial charge in [-0.3, -0.25) is 0 Å². The van der Waals surface area contributed by atoms with E-state index in [1.807, 2.05) is 18.2 Å². The van der Waals surface area contributed by atoms with E-state index in [0.29, 0.717) is 6.42 Å². The topological polar surface area (TPSA) is 29.5 Å². The summed E-state index contributed by atoms with van der Waals surface area (Å²) >= 11 is 5.08. The van der Waals surface area contributed by atoms with Crippen molar-refractivity contribution < 1.29 is 9.84 Å². The minimum atomic E-state index is -0.493. The van der Waals surface area contributed by atoms with Gasteiger partial charge in [0.15, 0.2) is 0 Å². The highest BCUT2D eigenvalue weighted by Crippen LogP contribution is 2.30. The first-order chi connectivity index (χ1) is 8.70. The minimum Gasteiger partial charge on any atom is -0.496 e. The van der Waals surface area contributed by atoms with Crippen molar-refractivity contribution in [1.29, 1.82) is 0 Å². The average Bonchev–Trinajstić information content (AvgIpc) is 2.88. The van der Waals surface area contributed by atoms with Crippen LogP contribution in [0.3, 0.4) is 0 Å². The van der Waals surface area contributed by atoms with Gasteiger partial charge in [0, 0.05) is 10.0 Å². The number of thiophene rings is 1. The maximum absolute atomic E-state index is 10.2. The molecule has 1 unspecified atom stereocenters. The van der Waals surface area contributed by atoms with Gasteiger partial charge in [0.2, 0.25) is 0 Å². The van der Waals surface area contributed by atoms with E-state index in [0.717, 1.165) is 22.2 Å². The normalized spacial score (nSPS) is 12.4. The second-order valence-electron chi connectivity index (χ2n) is 4.07. The molecule has 1 heterocycles. The van der Waals surface area contributed by atoms with Gasteiger partial charge in [-0.15, -0.1) is 0 Å². The van der Waals surface area contributed by atoms with Crippen LogP contribution in [0.2, 0.25) is 0 Å². The molecule has 4 heteroatoms. The summed E-state index contributed by atoms with van der Waals surface area (Å²) in [6.07, 6.45) is 1.09. The summed E-state index contributed by atoms with van der Waals surface area (Å²) in [6, 6.07) is 7.80. The van der Waals surface area contributed by atoms with Crippen LogP contribution in [0.4, 0.5) is 0 Å². The van der Waals surface area contributed by atoms with E-state index in [2.05, 4.69) is 32.8 Å². The molecule has 0 radical (unpaired) electrons. The van der Waals surface area contributed by atoms with Crippen molar-refractivity contribution in [2.75, 3.05) is 7.11 Å². The van der Waals surface area contributed by atoms with Gasteiger partial charge in [-0.05, 0) is 47.4 Å². The van der Waals surface area contributed by atoms with Gasteiger partial charge >= 0.3 is 0 Å². The van der Waals surface area contributed by atoms with Crippen LogP contribution in [-0.2, 0) is 6.42 Å². The third kappa shape index (κ3) is 3.34. The maximum Gasteiger partial charge on any atom is 0.125 e. The lowest BCUT2D eigenvalue weighted by Gasteiger charge is -2.14. The summed E-state index contributed by atoms with van der Waals surface area (Å²) in [5, 5.41) is 14.4. The van der Waals surface area contributed by atoms with Crippen molar-refractivity contribution in [2.45, 2.75) is 18.9 Å². The van der Waals surface area contributed by atoms with Crippen LogP contribution in [0.25, 0.3) is 0 Å². The average molecular weight is 327 g/mol. The molecular formula is C14H15BrO2S. The number of aliphatic hydroxyl groups excluding tert-OH is 1. The molecule has 1 N–H and O–H groups in total. The lowest BCUT2D eigenvalue weighted by Crippen LogP contribution is -2.02. The second-order valence-corrected chi connectivity index (χ2v) is 5.77. The van der Waals surface area contributed by atoms with Gasteiger partial charge < -0.3 is 9.84 Å². The zero-order valence-corrected chi connectivity index (χ0v) is 12.5. The van der Waals surface area contributed by atoms with Gasteiger partial charge in [-0.2, -0.15) is 11.3 Å². The lowest BCUT2D eigenvalue weighted by molar-refractivity contribution is 0.163. The Bertz CT molecular complexity index is 497. The number of ether oxygens (including phenoxy) is 1. The monoisotopic (exact) mass is 326 g/mol. The molecule has 18 heavy (non-hydrogen) atoms. The maximum atomic E-state index is 10.2. The summed E-state index contributed by atoms with van der Waals surface area (Å²) in [5.41, 5.74) is 2.12. The van der Waals surface area contributed by atoms with Gasteiger partial charge in [0.25, 0.3) is 0 Å². The number of aliphatic hydroxyl groups is 1.